The Morgan fingerprint density at radius 2 is 1.88 bits per heavy atom. The Morgan fingerprint density at radius 3 is 2.41 bits per heavy atom. The molecule has 0 radical (unpaired) electrons. The van der Waals surface area contributed by atoms with Gasteiger partial charge in [0.15, 0.2) is 0 Å². The fourth-order valence-electron chi connectivity index (χ4n) is 1.34. The Kier molecular flexibility index (Phi) is 5.74. The molecule has 0 heterocycles. The summed E-state index contributed by atoms with van der Waals surface area (Å²) in [5.41, 5.74) is 1.50. The third kappa shape index (κ3) is 5.39. The van der Waals surface area contributed by atoms with Crippen molar-refractivity contribution in [3.63, 3.8) is 0 Å². The highest BCUT2D eigenvalue weighted by molar-refractivity contribution is 7.92. The van der Waals surface area contributed by atoms with Gasteiger partial charge in [-0.3, -0.25) is 4.72 Å². The molecular weight excluding hydrogens is 262 g/mol. The zero-order valence-corrected chi connectivity index (χ0v) is 11.0. The van der Waals surface area contributed by atoms with Gasteiger partial charge in [0.05, 0.1) is 5.75 Å². The maximum atomic E-state index is 11.6. The average Bonchev–Trinajstić information content (AvgIpc) is 2.29. The van der Waals surface area contributed by atoms with Crippen LogP contribution in [0.4, 0.5) is 5.69 Å². The number of sulfonamides is 1. The second-order valence-electron chi connectivity index (χ2n) is 3.63. The van der Waals surface area contributed by atoms with E-state index in [4.69, 9.17) is 16.7 Å². The van der Waals surface area contributed by atoms with Crippen molar-refractivity contribution in [2.75, 3.05) is 23.0 Å². The van der Waals surface area contributed by atoms with Crippen LogP contribution in [0.3, 0.4) is 0 Å². The molecular formula is C11H16ClNO3S. The molecule has 0 spiro atoms. The molecule has 1 aromatic carbocycles. The van der Waals surface area contributed by atoms with Gasteiger partial charge in [0.2, 0.25) is 10.0 Å². The van der Waals surface area contributed by atoms with E-state index in [-0.39, 0.29) is 12.4 Å². The van der Waals surface area contributed by atoms with E-state index in [1.54, 1.807) is 24.3 Å². The van der Waals surface area contributed by atoms with Crippen LogP contribution in [-0.4, -0.2) is 31.8 Å². The first-order chi connectivity index (χ1) is 8.07. The topological polar surface area (TPSA) is 66.4 Å². The second-order valence-corrected chi connectivity index (χ2v) is 5.85. The number of benzene rings is 1. The van der Waals surface area contributed by atoms with Crippen LogP contribution in [0.25, 0.3) is 0 Å². The van der Waals surface area contributed by atoms with Gasteiger partial charge in [-0.15, -0.1) is 11.6 Å². The van der Waals surface area contributed by atoms with Gasteiger partial charge in [-0.05, 0) is 30.5 Å². The first kappa shape index (κ1) is 14.3. The van der Waals surface area contributed by atoms with Crippen molar-refractivity contribution in [3.05, 3.63) is 29.8 Å². The summed E-state index contributed by atoms with van der Waals surface area (Å²) in [5, 5.41) is 8.75. The predicted molar refractivity (Wildman–Crippen MR) is 70.0 cm³/mol. The van der Waals surface area contributed by atoms with Crippen LogP contribution in [-0.2, 0) is 16.4 Å². The summed E-state index contributed by atoms with van der Waals surface area (Å²) in [6.45, 7) is 0.0841. The highest BCUT2D eigenvalue weighted by Crippen LogP contribution is 2.12. The van der Waals surface area contributed by atoms with Crippen molar-refractivity contribution in [2.45, 2.75) is 12.8 Å². The molecule has 0 aromatic heterocycles. The zero-order valence-electron chi connectivity index (χ0n) is 9.39. The summed E-state index contributed by atoms with van der Waals surface area (Å²) in [6.07, 6.45) is 0.999. The molecule has 17 heavy (non-hydrogen) atoms. The number of aliphatic hydroxyl groups excluding tert-OH is 1. The van der Waals surface area contributed by atoms with E-state index in [1.165, 1.54) is 0 Å². The number of aliphatic hydroxyl groups is 1. The highest BCUT2D eigenvalue weighted by Gasteiger charge is 2.09. The van der Waals surface area contributed by atoms with Crippen molar-refractivity contribution in [1.82, 2.24) is 0 Å². The third-order valence-corrected chi connectivity index (χ3v) is 3.81. The van der Waals surface area contributed by atoms with Gasteiger partial charge in [0, 0.05) is 18.2 Å². The molecule has 0 aliphatic carbocycles. The van der Waals surface area contributed by atoms with E-state index in [1.807, 2.05) is 0 Å². The summed E-state index contributed by atoms with van der Waals surface area (Å²) in [6, 6.07) is 6.94. The van der Waals surface area contributed by atoms with Crippen LogP contribution in [0.5, 0.6) is 0 Å². The summed E-state index contributed by atoms with van der Waals surface area (Å²) >= 11 is 5.45. The van der Waals surface area contributed by atoms with Crippen molar-refractivity contribution in [2.24, 2.45) is 0 Å². The van der Waals surface area contributed by atoms with Gasteiger partial charge >= 0.3 is 0 Å². The molecule has 4 nitrogen and oxygen atoms in total. The maximum absolute atomic E-state index is 11.6. The highest BCUT2D eigenvalue weighted by atomic mass is 35.5. The summed E-state index contributed by atoms with van der Waals surface area (Å²) in [7, 11) is -3.31. The smallest absolute Gasteiger partial charge is 0.232 e. The quantitative estimate of drug-likeness (QED) is 0.744. The minimum absolute atomic E-state index is 0.0227. The van der Waals surface area contributed by atoms with E-state index < -0.39 is 10.0 Å². The normalized spacial score (nSPS) is 11.4. The van der Waals surface area contributed by atoms with Gasteiger partial charge in [-0.2, -0.15) is 0 Å². The zero-order chi connectivity index (χ0) is 12.7. The van der Waals surface area contributed by atoms with Crippen LogP contribution in [0.15, 0.2) is 24.3 Å². The number of hydrogen-bond donors (Lipinski definition) is 2. The van der Waals surface area contributed by atoms with Gasteiger partial charge < -0.3 is 5.11 Å². The van der Waals surface area contributed by atoms with Crippen LogP contribution in [0.1, 0.15) is 12.0 Å². The second kappa shape index (κ2) is 6.83. The van der Waals surface area contributed by atoms with Crippen molar-refractivity contribution in [3.8, 4) is 0 Å². The molecule has 1 aromatic rings. The molecule has 0 bridgehead atoms. The first-order valence-corrected chi connectivity index (χ1v) is 7.52. The molecule has 0 amide bonds. The third-order valence-electron chi connectivity index (χ3n) is 2.17. The molecule has 0 fully saturated rings. The Balaban J connectivity index is 2.62. The van der Waals surface area contributed by atoms with Crippen LogP contribution in [0.2, 0.25) is 0 Å². The van der Waals surface area contributed by atoms with Crippen molar-refractivity contribution < 1.29 is 13.5 Å². The molecule has 0 saturated carbocycles. The minimum atomic E-state index is -3.31. The monoisotopic (exact) mass is 277 g/mol. The summed E-state index contributed by atoms with van der Waals surface area (Å²) < 4.78 is 25.6. The van der Waals surface area contributed by atoms with Crippen LogP contribution in [0, 0.1) is 0 Å². The van der Waals surface area contributed by atoms with Crippen LogP contribution >= 0.6 is 11.6 Å². The van der Waals surface area contributed by atoms with Gasteiger partial charge in [0.25, 0.3) is 0 Å². The molecule has 96 valence electrons. The fourth-order valence-corrected chi connectivity index (χ4v) is 2.76. The van der Waals surface area contributed by atoms with E-state index in [9.17, 15) is 8.42 Å². The molecule has 0 unspecified atom stereocenters. The number of nitrogens with one attached hydrogen (secondary N) is 1. The van der Waals surface area contributed by atoms with E-state index in [2.05, 4.69) is 4.72 Å². The van der Waals surface area contributed by atoms with Gasteiger partial charge in [-0.25, -0.2) is 8.42 Å². The lowest BCUT2D eigenvalue weighted by Gasteiger charge is -2.07. The molecule has 0 atom stereocenters. The van der Waals surface area contributed by atoms with Crippen LogP contribution < -0.4 is 4.72 Å². The molecule has 0 aliphatic rings. The molecule has 0 saturated heterocycles. The predicted octanol–water partition coefficient (Wildman–Crippen LogP) is 1.59. The Hall–Kier alpha value is -0.780. The Labute approximate surface area is 107 Å². The lowest BCUT2D eigenvalue weighted by molar-refractivity contribution is 0.299. The number of hydrogen-bond acceptors (Lipinski definition) is 3. The number of alkyl halides is 1. The molecule has 1 rings (SSSR count). The van der Waals surface area contributed by atoms with E-state index in [0.717, 1.165) is 5.56 Å². The van der Waals surface area contributed by atoms with Crippen molar-refractivity contribution in [1.29, 1.82) is 0 Å². The number of rotatable bonds is 7. The minimum Gasteiger partial charge on any atom is -0.396 e. The average molecular weight is 278 g/mol. The SMILES string of the molecule is O=S(=O)(CCCCl)Nc1ccc(CCO)cc1. The van der Waals surface area contributed by atoms with E-state index >= 15 is 0 Å². The summed E-state index contributed by atoms with van der Waals surface area (Å²) in [4.78, 5) is 0. The molecule has 2 N–H and O–H groups in total. The standard InChI is InChI=1S/C11H16ClNO3S/c12-7-1-9-17(15,16)13-11-4-2-10(3-5-11)6-8-14/h2-5,13-14H,1,6-9H2. The first-order valence-electron chi connectivity index (χ1n) is 5.33. The lowest BCUT2D eigenvalue weighted by Crippen LogP contribution is -2.16. The molecule has 6 heteroatoms. The number of halogens is 1. The maximum Gasteiger partial charge on any atom is 0.232 e. The Bertz CT molecular complexity index is 431. The van der Waals surface area contributed by atoms with Crippen molar-refractivity contribution >= 4 is 27.3 Å². The lowest BCUT2D eigenvalue weighted by atomic mass is 10.1. The van der Waals surface area contributed by atoms with Gasteiger partial charge in [0.1, 0.15) is 0 Å². The summed E-state index contributed by atoms with van der Waals surface area (Å²) in [5.74, 6) is 0.352. The van der Waals surface area contributed by atoms with Gasteiger partial charge in [-0.1, -0.05) is 12.1 Å². The fraction of sp³-hybridized carbons (Fsp3) is 0.455. The van der Waals surface area contributed by atoms with E-state index in [0.29, 0.717) is 24.4 Å². The number of anilines is 1. The largest absolute Gasteiger partial charge is 0.396 e. The Morgan fingerprint density at radius 1 is 1.24 bits per heavy atom. The molecule has 0 aliphatic heterocycles.